The number of benzene rings is 4. The molecule has 10 heteroatoms. The summed E-state index contributed by atoms with van der Waals surface area (Å²) in [5, 5.41) is 4.87. The molecule has 0 radical (unpaired) electrons. The van der Waals surface area contributed by atoms with Crippen molar-refractivity contribution < 1.29 is 38.2 Å². The first-order chi connectivity index (χ1) is 28.2. The number of nitrogens with one attached hydrogen (secondary N) is 2. The highest BCUT2D eigenvalue weighted by Gasteiger charge is 2.32. The van der Waals surface area contributed by atoms with Gasteiger partial charge in [-0.2, -0.15) is 0 Å². The molecule has 298 valence electrons. The van der Waals surface area contributed by atoms with E-state index in [9.17, 15) is 28.8 Å². The van der Waals surface area contributed by atoms with E-state index in [2.05, 4.69) is 23.8 Å². The lowest BCUT2D eigenvalue weighted by molar-refractivity contribution is 0.0540. The molecule has 4 amide bonds. The monoisotopic (exact) mass is 780 g/mol. The van der Waals surface area contributed by atoms with Crippen LogP contribution in [0.2, 0.25) is 0 Å². The molecule has 0 aromatic heterocycles. The van der Waals surface area contributed by atoms with E-state index >= 15 is 0 Å². The second-order valence-electron chi connectivity index (χ2n) is 14.6. The van der Waals surface area contributed by atoms with Crippen molar-refractivity contribution in [2.24, 2.45) is 0 Å². The third-order valence-corrected chi connectivity index (χ3v) is 10.7. The van der Waals surface area contributed by atoms with Crippen LogP contribution in [0.4, 0.5) is 0 Å². The van der Waals surface area contributed by atoms with Gasteiger partial charge in [0, 0.05) is 0 Å². The number of carbonyl (C=O) groups excluding carboxylic acids is 6. The van der Waals surface area contributed by atoms with E-state index in [0.717, 1.165) is 97.6 Å². The highest BCUT2D eigenvalue weighted by Crippen LogP contribution is 2.34. The SMILES string of the molecule is C=CCOC(=O)c1ccc(-c2ccc3c(c2CCCCCCCCCCCCc2c(-c4ccc(C(=O)OCC=C)cc4)ccc4c2C(=O)NC4=O)C(=O)NC3=O)cc1. The molecule has 6 rings (SSSR count). The molecule has 2 N–H and O–H groups in total. The van der Waals surface area contributed by atoms with Gasteiger partial charge in [-0.15, -0.1) is 0 Å². The Hall–Kier alpha value is -6.42. The summed E-state index contributed by atoms with van der Waals surface area (Å²) in [5.41, 5.74) is 7.68. The van der Waals surface area contributed by atoms with E-state index in [1.807, 2.05) is 36.4 Å². The van der Waals surface area contributed by atoms with Gasteiger partial charge in [0.1, 0.15) is 13.2 Å². The standard InChI is InChI=1S/C48H48N2O8/c1-3-29-57-47(55)33-21-17-31(18-22-33)35-25-27-39-41(45(53)49-43(39)51)37(35)15-13-11-9-7-5-6-8-10-12-14-16-38-36(26-28-40-42(38)46(54)50-44(40)52)32-19-23-34(24-20-32)48(56)58-30-4-2/h3-4,17-28H,1-2,5-16,29-30H2,(H,49,51,53)(H,50,52,54). The minimum atomic E-state index is -0.437. The number of ether oxygens (including phenoxy) is 2. The summed E-state index contributed by atoms with van der Waals surface area (Å²) in [6.45, 7) is 7.39. The minimum Gasteiger partial charge on any atom is -0.458 e. The first-order valence-electron chi connectivity index (χ1n) is 20.0. The Kier molecular flexibility index (Phi) is 14.0. The number of imide groups is 2. The molecule has 2 heterocycles. The summed E-state index contributed by atoms with van der Waals surface area (Å²) in [6.07, 6.45) is 14.7. The van der Waals surface area contributed by atoms with Crippen LogP contribution in [0.25, 0.3) is 22.3 Å². The second kappa shape index (κ2) is 19.6. The average molecular weight is 781 g/mol. The van der Waals surface area contributed by atoms with Gasteiger partial charge in [0.2, 0.25) is 0 Å². The molecule has 0 spiro atoms. The van der Waals surface area contributed by atoms with Gasteiger partial charge in [0.25, 0.3) is 23.6 Å². The molecule has 10 nitrogen and oxygen atoms in total. The predicted octanol–water partition coefficient (Wildman–Crippen LogP) is 9.16. The van der Waals surface area contributed by atoms with Crippen molar-refractivity contribution in [3.05, 3.63) is 143 Å². The van der Waals surface area contributed by atoms with Crippen molar-refractivity contribution in [3.8, 4) is 22.3 Å². The highest BCUT2D eigenvalue weighted by molar-refractivity contribution is 6.23. The number of esters is 2. The van der Waals surface area contributed by atoms with Crippen LogP contribution in [0.15, 0.2) is 98.1 Å². The molecule has 0 aliphatic carbocycles. The van der Waals surface area contributed by atoms with Crippen LogP contribution in [-0.2, 0) is 22.3 Å². The lowest BCUT2D eigenvalue weighted by atomic mass is 9.89. The zero-order chi connectivity index (χ0) is 41.0. The summed E-state index contributed by atoms with van der Waals surface area (Å²) < 4.78 is 10.3. The van der Waals surface area contributed by atoms with E-state index in [1.54, 1.807) is 36.4 Å². The molecule has 0 bridgehead atoms. The Morgan fingerprint density at radius 2 is 0.776 bits per heavy atom. The van der Waals surface area contributed by atoms with Gasteiger partial charge in [-0.3, -0.25) is 29.8 Å². The average Bonchev–Trinajstić information content (AvgIpc) is 3.70. The van der Waals surface area contributed by atoms with E-state index in [0.29, 0.717) is 46.2 Å². The smallest absolute Gasteiger partial charge is 0.338 e. The third-order valence-electron chi connectivity index (χ3n) is 10.7. The molecular weight excluding hydrogens is 733 g/mol. The Labute approximate surface area is 338 Å². The highest BCUT2D eigenvalue weighted by atomic mass is 16.5. The molecule has 0 unspecified atom stereocenters. The largest absolute Gasteiger partial charge is 0.458 e. The van der Waals surface area contributed by atoms with E-state index in [-0.39, 0.29) is 36.8 Å². The Morgan fingerprint density at radius 3 is 1.12 bits per heavy atom. The number of unbranched alkanes of at least 4 members (excludes halogenated alkanes) is 9. The summed E-state index contributed by atoms with van der Waals surface area (Å²) >= 11 is 0. The Bertz CT molecular complexity index is 2080. The molecule has 0 saturated carbocycles. The molecule has 4 aromatic rings. The maximum absolute atomic E-state index is 12.9. The van der Waals surface area contributed by atoms with Crippen molar-refractivity contribution in [2.75, 3.05) is 13.2 Å². The van der Waals surface area contributed by atoms with Gasteiger partial charge < -0.3 is 9.47 Å². The van der Waals surface area contributed by atoms with Crippen LogP contribution in [0.5, 0.6) is 0 Å². The Balaban J connectivity index is 0.958. The first-order valence-corrected chi connectivity index (χ1v) is 20.0. The molecule has 0 saturated heterocycles. The summed E-state index contributed by atoms with van der Waals surface area (Å²) in [6, 6.07) is 21.3. The van der Waals surface area contributed by atoms with E-state index < -0.39 is 11.9 Å². The van der Waals surface area contributed by atoms with Gasteiger partial charge in [-0.25, -0.2) is 9.59 Å². The lowest BCUT2D eigenvalue weighted by Crippen LogP contribution is -2.20. The third kappa shape index (κ3) is 9.57. The quantitative estimate of drug-likeness (QED) is 0.0369. The zero-order valence-electron chi connectivity index (χ0n) is 32.7. The van der Waals surface area contributed by atoms with Crippen molar-refractivity contribution in [1.82, 2.24) is 10.6 Å². The number of fused-ring (bicyclic) bond motifs is 2. The molecular formula is C48H48N2O8. The van der Waals surface area contributed by atoms with Gasteiger partial charge >= 0.3 is 11.9 Å². The first kappa shape index (κ1) is 41.2. The zero-order valence-corrected chi connectivity index (χ0v) is 32.7. The van der Waals surface area contributed by atoms with Gasteiger partial charge in [-0.1, -0.05) is 113 Å². The normalized spacial score (nSPS) is 12.8. The van der Waals surface area contributed by atoms with E-state index in [1.165, 1.54) is 12.2 Å². The van der Waals surface area contributed by atoms with Crippen LogP contribution in [0.3, 0.4) is 0 Å². The van der Waals surface area contributed by atoms with Crippen molar-refractivity contribution in [3.63, 3.8) is 0 Å². The minimum absolute atomic E-state index is 0.129. The summed E-state index contributed by atoms with van der Waals surface area (Å²) in [5.74, 6) is -2.37. The fourth-order valence-corrected chi connectivity index (χ4v) is 7.74. The Morgan fingerprint density at radius 1 is 0.448 bits per heavy atom. The van der Waals surface area contributed by atoms with Gasteiger partial charge in [0.15, 0.2) is 0 Å². The van der Waals surface area contributed by atoms with Crippen molar-refractivity contribution in [1.29, 1.82) is 0 Å². The van der Waals surface area contributed by atoms with Crippen molar-refractivity contribution in [2.45, 2.75) is 77.0 Å². The predicted molar refractivity (Wildman–Crippen MR) is 222 cm³/mol. The summed E-state index contributed by atoms with van der Waals surface area (Å²) in [7, 11) is 0. The molecule has 4 aromatic carbocycles. The molecule has 58 heavy (non-hydrogen) atoms. The van der Waals surface area contributed by atoms with Crippen LogP contribution < -0.4 is 10.6 Å². The maximum Gasteiger partial charge on any atom is 0.338 e. The number of hydrogen-bond acceptors (Lipinski definition) is 8. The summed E-state index contributed by atoms with van der Waals surface area (Å²) in [4.78, 5) is 75.2. The number of carbonyl (C=O) groups is 6. The van der Waals surface area contributed by atoms with Gasteiger partial charge in [-0.05, 0) is 95.5 Å². The topological polar surface area (TPSA) is 145 Å². The number of amides is 4. The van der Waals surface area contributed by atoms with Crippen LogP contribution >= 0.6 is 0 Å². The number of hydrogen-bond donors (Lipinski definition) is 2. The van der Waals surface area contributed by atoms with Crippen LogP contribution in [-0.4, -0.2) is 48.8 Å². The van der Waals surface area contributed by atoms with Gasteiger partial charge in [0.05, 0.1) is 33.4 Å². The fraction of sp³-hybridized carbons (Fsp3) is 0.292. The van der Waals surface area contributed by atoms with E-state index in [4.69, 9.17) is 9.47 Å². The van der Waals surface area contributed by atoms with Crippen LogP contribution in [0.1, 0.15) is 137 Å². The lowest BCUT2D eigenvalue weighted by Gasteiger charge is -2.14. The molecule has 0 fully saturated rings. The molecule has 0 atom stereocenters. The molecule has 2 aliphatic heterocycles. The second-order valence-corrected chi connectivity index (χ2v) is 14.6. The maximum atomic E-state index is 12.9. The van der Waals surface area contributed by atoms with Crippen molar-refractivity contribution >= 4 is 35.6 Å². The van der Waals surface area contributed by atoms with Crippen LogP contribution in [0, 0.1) is 0 Å². The molecule has 2 aliphatic rings. The fourth-order valence-electron chi connectivity index (χ4n) is 7.74. The number of rotatable bonds is 21.